The zero-order valence-corrected chi connectivity index (χ0v) is 14.5. The molecule has 2 unspecified atom stereocenters. The first-order valence-corrected chi connectivity index (χ1v) is 8.77. The molecule has 0 spiro atoms. The largest absolute Gasteiger partial charge is 0.481 e. The highest BCUT2D eigenvalue weighted by Crippen LogP contribution is 2.24. The molecule has 25 heavy (non-hydrogen) atoms. The van der Waals surface area contributed by atoms with Gasteiger partial charge >= 0.3 is 5.97 Å². The summed E-state index contributed by atoms with van der Waals surface area (Å²) in [5, 5.41) is 12.2. The summed E-state index contributed by atoms with van der Waals surface area (Å²) >= 11 is 0. The molecule has 2 atom stereocenters. The van der Waals surface area contributed by atoms with Crippen molar-refractivity contribution in [3.63, 3.8) is 0 Å². The van der Waals surface area contributed by atoms with Gasteiger partial charge in [-0.2, -0.15) is 0 Å². The van der Waals surface area contributed by atoms with E-state index in [1.165, 1.54) is 12.1 Å². The molecule has 1 heterocycles. The lowest BCUT2D eigenvalue weighted by Crippen LogP contribution is -2.39. The smallest absolute Gasteiger partial charge is 0.308 e. The molecule has 0 aromatic heterocycles. The van der Waals surface area contributed by atoms with Crippen LogP contribution in [0.5, 0.6) is 0 Å². The number of halogens is 1. The van der Waals surface area contributed by atoms with Gasteiger partial charge in [-0.05, 0) is 48.8 Å². The van der Waals surface area contributed by atoms with Crippen molar-refractivity contribution in [3.05, 3.63) is 35.6 Å². The molecule has 0 radical (unpaired) electrons. The van der Waals surface area contributed by atoms with E-state index in [0.29, 0.717) is 32.5 Å². The molecule has 0 aliphatic carbocycles. The van der Waals surface area contributed by atoms with Crippen LogP contribution in [0.2, 0.25) is 0 Å². The van der Waals surface area contributed by atoms with Crippen LogP contribution >= 0.6 is 0 Å². The van der Waals surface area contributed by atoms with E-state index in [9.17, 15) is 19.1 Å². The standard InChI is InChI=1S/C19H26FNO4/c1-13(9-14-3-2-4-16(20)11-14)10-18(22)21-12-17(19(23)24)15-5-7-25-8-6-15/h2-4,11,13,15,17H,5-10,12H2,1H3,(H,21,22)(H,23,24). The Morgan fingerprint density at radius 1 is 1.36 bits per heavy atom. The monoisotopic (exact) mass is 351 g/mol. The van der Waals surface area contributed by atoms with Crippen LogP contribution in [0.15, 0.2) is 24.3 Å². The Labute approximate surface area is 147 Å². The fourth-order valence-electron chi connectivity index (χ4n) is 3.32. The highest BCUT2D eigenvalue weighted by atomic mass is 19.1. The number of rotatable bonds is 8. The van der Waals surface area contributed by atoms with Crippen molar-refractivity contribution in [3.8, 4) is 0 Å². The third-order valence-corrected chi connectivity index (χ3v) is 4.68. The SMILES string of the molecule is CC(CC(=O)NCC(C(=O)O)C1CCOCC1)Cc1cccc(F)c1. The number of carboxylic acids is 1. The summed E-state index contributed by atoms with van der Waals surface area (Å²) in [5.41, 5.74) is 0.853. The topological polar surface area (TPSA) is 75.6 Å². The lowest BCUT2D eigenvalue weighted by molar-refractivity contribution is -0.145. The van der Waals surface area contributed by atoms with E-state index in [1.54, 1.807) is 6.07 Å². The number of amides is 1. The number of nitrogens with one attached hydrogen (secondary N) is 1. The maximum absolute atomic E-state index is 13.2. The molecule has 1 fully saturated rings. The number of hydrogen-bond acceptors (Lipinski definition) is 3. The Morgan fingerprint density at radius 2 is 2.08 bits per heavy atom. The van der Waals surface area contributed by atoms with Crippen LogP contribution in [0, 0.1) is 23.6 Å². The van der Waals surface area contributed by atoms with Crippen molar-refractivity contribution in [2.24, 2.45) is 17.8 Å². The van der Waals surface area contributed by atoms with Crippen molar-refractivity contribution in [1.29, 1.82) is 0 Å². The van der Waals surface area contributed by atoms with Crippen LogP contribution < -0.4 is 5.32 Å². The van der Waals surface area contributed by atoms with E-state index in [4.69, 9.17) is 4.74 Å². The molecule has 1 saturated heterocycles. The van der Waals surface area contributed by atoms with Crippen LogP contribution in [0.25, 0.3) is 0 Å². The van der Waals surface area contributed by atoms with E-state index in [2.05, 4.69) is 5.32 Å². The van der Waals surface area contributed by atoms with E-state index < -0.39 is 11.9 Å². The van der Waals surface area contributed by atoms with Gasteiger partial charge in [0.15, 0.2) is 0 Å². The zero-order valence-electron chi connectivity index (χ0n) is 14.5. The van der Waals surface area contributed by atoms with Gasteiger partial charge in [-0.15, -0.1) is 0 Å². The number of ether oxygens (including phenoxy) is 1. The number of hydrogen-bond donors (Lipinski definition) is 2. The molecule has 1 amide bonds. The van der Waals surface area contributed by atoms with Gasteiger partial charge in [0.25, 0.3) is 0 Å². The van der Waals surface area contributed by atoms with Crippen molar-refractivity contribution >= 4 is 11.9 Å². The quantitative estimate of drug-likeness (QED) is 0.755. The van der Waals surface area contributed by atoms with Gasteiger partial charge in [-0.1, -0.05) is 19.1 Å². The minimum Gasteiger partial charge on any atom is -0.481 e. The number of benzene rings is 1. The first-order valence-electron chi connectivity index (χ1n) is 8.77. The van der Waals surface area contributed by atoms with Crippen LogP contribution in [0.3, 0.4) is 0 Å². The summed E-state index contributed by atoms with van der Waals surface area (Å²) in [5.74, 6) is -1.81. The Bertz CT molecular complexity index is 587. The second-order valence-electron chi connectivity index (χ2n) is 6.84. The first-order chi connectivity index (χ1) is 12.0. The van der Waals surface area contributed by atoms with Gasteiger partial charge in [0, 0.05) is 26.2 Å². The summed E-state index contributed by atoms with van der Waals surface area (Å²) < 4.78 is 18.5. The van der Waals surface area contributed by atoms with E-state index in [0.717, 1.165) is 5.56 Å². The molecule has 138 valence electrons. The second-order valence-corrected chi connectivity index (χ2v) is 6.84. The van der Waals surface area contributed by atoms with Crippen LogP contribution in [-0.4, -0.2) is 36.7 Å². The average molecular weight is 351 g/mol. The van der Waals surface area contributed by atoms with Crippen LogP contribution in [0.4, 0.5) is 4.39 Å². The molecule has 1 aromatic rings. The number of carbonyl (C=O) groups is 2. The first kappa shape index (κ1) is 19.4. The van der Waals surface area contributed by atoms with E-state index in [1.807, 2.05) is 13.0 Å². The second kappa shape index (κ2) is 9.51. The summed E-state index contributed by atoms with van der Waals surface area (Å²) in [6.07, 6.45) is 2.32. The maximum Gasteiger partial charge on any atom is 0.308 e. The Balaban J connectivity index is 1.78. The molecule has 5 nitrogen and oxygen atoms in total. The normalized spacial score (nSPS) is 17.7. The molecule has 2 rings (SSSR count). The molecule has 0 saturated carbocycles. The van der Waals surface area contributed by atoms with Gasteiger partial charge in [-0.25, -0.2) is 4.39 Å². The molecular weight excluding hydrogens is 325 g/mol. The highest BCUT2D eigenvalue weighted by molar-refractivity contribution is 5.77. The van der Waals surface area contributed by atoms with Gasteiger partial charge in [-0.3, -0.25) is 9.59 Å². The molecule has 1 aliphatic heterocycles. The molecule has 1 aliphatic rings. The van der Waals surface area contributed by atoms with Crippen molar-refractivity contribution in [1.82, 2.24) is 5.32 Å². The van der Waals surface area contributed by atoms with Crippen molar-refractivity contribution in [2.75, 3.05) is 19.8 Å². The molecule has 1 aromatic carbocycles. The fraction of sp³-hybridized carbons (Fsp3) is 0.579. The Kier molecular flexibility index (Phi) is 7.37. The Morgan fingerprint density at radius 3 is 2.72 bits per heavy atom. The van der Waals surface area contributed by atoms with E-state index >= 15 is 0 Å². The predicted molar refractivity (Wildman–Crippen MR) is 91.6 cm³/mol. The van der Waals surface area contributed by atoms with Gasteiger partial charge in [0.2, 0.25) is 5.91 Å². The minimum absolute atomic E-state index is 0.0382. The molecule has 0 bridgehead atoms. The summed E-state index contributed by atoms with van der Waals surface area (Å²) in [6.45, 7) is 3.23. The van der Waals surface area contributed by atoms with Crippen molar-refractivity contribution < 1.29 is 23.8 Å². The van der Waals surface area contributed by atoms with Crippen LogP contribution in [-0.2, 0) is 20.7 Å². The van der Waals surface area contributed by atoms with Crippen LogP contribution in [0.1, 0.15) is 31.7 Å². The Hall–Kier alpha value is -1.95. The highest BCUT2D eigenvalue weighted by Gasteiger charge is 2.30. The van der Waals surface area contributed by atoms with Gasteiger partial charge < -0.3 is 15.2 Å². The molecule has 2 N–H and O–H groups in total. The average Bonchev–Trinajstić information content (AvgIpc) is 2.55. The molecular formula is C19H26FNO4. The summed E-state index contributed by atoms with van der Waals surface area (Å²) in [6, 6.07) is 6.36. The van der Waals surface area contributed by atoms with Crippen molar-refractivity contribution in [2.45, 2.75) is 32.6 Å². The third kappa shape index (κ3) is 6.46. The maximum atomic E-state index is 13.2. The zero-order chi connectivity index (χ0) is 18.2. The number of carbonyl (C=O) groups excluding carboxylic acids is 1. The molecule has 6 heteroatoms. The summed E-state index contributed by atoms with van der Waals surface area (Å²) in [7, 11) is 0. The van der Waals surface area contributed by atoms with Gasteiger partial charge in [0.05, 0.1) is 5.92 Å². The number of carboxylic acid groups (broad SMARTS) is 1. The summed E-state index contributed by atoms with van der Waals surface area (Å²) in [4.78, 5) is 23.6. The van der Waals surface area contributed by atoms with E-state index in [-0.39, 0.29) is 36.5 Å². The minimum atomic E-state index is -0.875. The lowest BCUT2D eigenvalue weighted by Gasteiger charge is -2.27. The number of aliphatic carboxylic acids is 1. The van der Waals surface area contributed by atoms with Gasteiger partial charge in [0.1, 0.15) is 5.82 Å². The third-order valence-electron chi connectivity index (χ3n) is 4.68. The lowest BCUT2D eigenvalue weighted by atomic mass is 9.86. The fourth-order valence-corrected chi connectivity index (χ4v) is 3.32. The predicted octanol–water partition coefficient (Wildman–Crippen LogP) is 2.64.